The maximum atomic E-state index is 12.9. The highest BCUT2D eigenvalue weighted by Gasteiger charge is 2.29. The number of fused-ring (bicyclic) bond motifs is 2. The second kappa shape index (κ2) is 8.15. The molecule has 0 aliphatic rings. The van der Waals surface area contributed by atoms with Gasteiger partial charge in [0.2, 0.25) is 0 Å². The van der Waals surface area contributed by atoms with E-state index >= 15 is 0 Å². The first-order chi connectivity index (χ1) is 15.7. The first-order valence-electron chi connectivity index (χ1n) is 10.5. The van der Waals surface area contributed by atoms with Crippen LogP contribution >= 0.6 is 0 Å². The van der Waals surface area contributed by atoms with Gasteiger partial charge in [0.1, 0.15) is 16.9 Å². The van der Waals surface area contributed by atoms with Gasteiger partial charge in [-0.05, 0) is 30.2 Å². The topological polar surface area (TPSA) is 83.0 Å². The van der Waals surface area contributed by atoms with Crippen molar-refractivity contribution < 1.29 is 9.53 Å². The number of carbonyl (C=O) groups excluding carboxylic acids is 1. The monoisotopic (exact) mass is 422 g/mol. The van der Waals surface area contributed by atoms with Crippen LogP contribution in [0.2, 0.25) is 0 Å². The number of benzene rings is 3. The molecule has 0 fully saturated rings. The minimum Gasteiger partial charge on any atom is -0.462 e. The molecule has 5 rings (SSSR count). The highest BCUT2D eigenvalue weighted by atomic mass is 16.5. The van der Waals surface area contributed by atoms with Crippen molar-refractivity contribution >= 4 is 34.0 Å². The maximum absolute atomic E-state index is 12.9. The van der Waals surface area contributed by atoms with Gasteiger partial charge >= 0.3 is 5.97 Å². The van der Waals surface area contributed by atoms with E-state index in [-0.39, 0.29) is 24.0 Å². The molecule has 0 aliphatic heterocycles. The van der Waals surface area contributed by atoms with Crippen molar-refractivity contribution in [3.05, 3.63) is 102 Å². The Morgan fingerprint density at radius 1 is 0.875 bits per heavy atom. The number of nitrogen functional groups attached to an aromatic ring is 1. The fourth-order valence-electron chi connectivity index (χ4n) is 4.11. The van der Waals surface area contributed by atoms with Crippen LogP contribution in [0.1, 0.15) is 34.5 Å². The van der Waals surface area contributed by atoms with Crippen LogP contribution in [0.4, 0.5) is 5.82 Å². The van der Waals surface area contributed by atoms with Gasteiger partial charge in [0.05, 0.1) is 23.7 Å². The quantitative estimate of drug-likeness (QED) is 0.404. The van der Waals surface area contributed by atoms with E-state index in [1.807, 2.05) is 89.5 Å². The number of hydrogen-bond donors (Lipinski definition) is 1. The predicted molar refractivity (Wildman–Crippen MR) is 126 cm³/mol. The lowest BCUT2D eigenvalue weighted by Crippen LogP contribution is -2.16. The van der Waals surface area contributed by atoms with E-state index in [9.17, 15) is 4.79 Å². The molecule has 3 aromatic carbocycles. The third-order valence-corrected chi connectivity index (χ3v) is 5.50. The molecular weight excluding hydrogens is 400 g/mol. The standard InChI is InChI=1S/C26H22N4O2/c1-2-32-26(31)21-22-25(29-20-16-10-9-15-19(20)28-22)30(24(21)27)23(17-11-5-3-6-12-17)18-13-7-4-8-14-18/h3-16,23H,2,27H2,1H3. The summed E-state index contributed by atoms with van der Waals surface area (Å²) >= 11 is 0. The van der Waals surface area contributed by atoms with Gasteiger partial charge in [0, 0.05) is 0 Å². The fourth-order valence-corrected chi connectivity index (χ4v) is 4.11. The van der Waals surface area contributed by atoms with Crippen molar-refractivity contribution in [1.82, 2.24) is 14.5 Å². The Kier molecular flexibility index (Phi) is 5.03. The summed E-state index contributed by atoms with van der Waals surface area (Å²) in [6.45, 7) is 2.01. The van der Waals surface area contributed by atoms with Crippen molar-refractivity contribution in [3.63, 3.8) is 0 Å². The van der Waals surface area contributed by atoms with Crippen LogP contribution < -0.4 is 5.73 Å². The zero-order chi connectivity index (χ0) is 22.1. The Hall–Kier alpha value is -4.19. The van der Waals surface area contributed by atoms with E-state index in [4.69, 9.17) is 20.4 Å². The second-order valence-corrected chi connectivity index (χ2v) is 7.46. The molecular formula is C26H22N4O2. The smallest absolute Gasteiger partial charge is 0.344 e. The lowest BCUT2D eigenvalue weighted by molar-refractivity contribution is 0.0529. The first kappa shape index (κ1) is 19.8. The molecule has 2 N–H and O–H groups in total. The molecule has 0 saturated heterocycles. The Balaban J connectivity index is 1.88. The summed E-state index contributed by atoms with van der Waals surface area (Å²) in [5.74, 6) is -0.218. The van der Waals surface area contributed by atoms with Gasteiger partial charge in [0.25, 0.3) is 0 Å². The van der Waals surface area contributed by atoms with Crippen LogP contribution in [0.15, 0.2) is 84.9 Å². The van der Waals surface area contributed by atoms with Crippen molar-refractivity contribution in [2.75, 3.05) is 12.3 Å². The zero-order valence-electron chi connectivity index (χ0n) is 17.6. The molecule has 158 valence electrons. The Morgan fingerprint density at radius 2 is 1.41 bits per heavy atom. The molecule has 0 atom stereocenters. The van der Waals surface area contributed by atoms with Gasteiger partial charge in [-0.2, -0.15) is 0 Å². The Labute approximate surface area is 185 Å². The molecule has 2 heterocycles. The molecule has 0 radical (unpaired) electrons. The summed E-state index contributed by atoms with van der Waals surface area (Å²) in [6.07, 6.45) is 0. The molecule has 0 bridgehead atoms. The first-order valence-corrected chi connectivity index (χ1v) is 10.5. The fraction of sp³-hybridized carbons (Fsp3) is 0.115. The molecule has 2 aromatic heterocycles. The number of ether oxygens (including phenoxy) is 1. The van der Waals surface area contributed by atoms with Crippen molar-refractivity contribution in [2.45, 2.75) is 13.0 Å². The van der Waals surface area contributed by atoms with Crippen LogP contribution in [-0.2, 0) is 4.74 Å². The number of rotatable bonds is 5. The van der Waals surface area contributed by atoms with Crippen molar-refractivity contribution in [1.29, 1.82) is 0 Å². The van der Waals surface area contributed by atoms with Gasteiger partial charge in [-0.15, -0.1) is 0 Å². The van der Waals surface area contributed by atoms with Crippen molar-refractivity contribution in [2.24, 2.45) is 0 Å². The average molecular weight is 422 g/mol. The second-order valence-electron chi connectivity index (χ2n) is 7.46. The minimum absolute atomic E-state index is 0.243. The average Bonchev–Trinajstić information content (AvgIpc) is 3.10. The van der Waals surface area contributed by atoms with E-state index < -0.39 is 5.97 Å². The summed E-state index contributed by atoms with van der Waals surface area (Å²) in [6, 6.07) is 27.4. The van der Waals surface area contributed by atoms with Crippen LogP contribution in [-0.4, -0.2) is 27.1 Å². The van der Waals surface area contributed by atoms with E-state index in [1.165, 1.54) is 0 Å². The molecule has 0 aliphatic carbocycles. The van der Waals surface area contributed by atoms with E-state index in [0.29, 0.717) is 16.7 Å². The summed E-state index contributed by atoms with van der Waals surface area (Å²) in [4.78, 5) is 22.6. The maximum Gasteiger partial charge on any atom is 0.344 e. The minimum atomic E-state index is -0.502. The molecule has 0 saturated carbocycles. The number of hydrogen-bond acceptors (Lipinski definition) is 5. The van der Waals surface area contributed by atoms with Gasteiger partial charge in [-0.1, -0.05) is 72.8 Å². The van der Waals surface area contributed by atoms with Crippen molar-refractivity contribution in [3.8, 4) is 0 Å². The van der Waals surface area contributed by atoms with Gasteiger partial charge in [-0.25, -0.2) is 14.8 Å². The van der Waals surface area contributed by atoms with E-state index in [2.05, 4.69) is 0 Å². The Morgan fingerprint density at radius 3 is 1.97 bits per heavy atom. The zero-order valence-corrected chi connectivity index (χ0v) is 17.6. The van der Waals surface area contributed by atoms with E-state index in [1.54, 1.807) is 6.92 Å². The van der Waals surface area contributed by atoms with Gasteiger partial charge < -0.3 is 10.5 Å². The van der Waals surface area contributed by atoms with Crippen LogP contribution in [0.3, 0.4) is 0 Å². The number of nitrogens with zero attached hydrogens (tertiary/aromatic N) is 3. The number of anilines is 1. The number of para-hydroxylation sites is 2. The third kappa shape index (κ3) is 3.26. The summed E-state index contributed by atoms with van der Waals surface area (Å²) in [5.41, 5.74) is 11.4. The lowest BCUT2D eigenvalue weighted by Gasteiger charge is -2.22. The number of carbonyl (C=O) groups is 1. The molecule has 0 spiro atoms. The predicted octanol–water partition coefficient (Wildman–Crippen LogP) is 4.98. The molecule has 6 nitrogen and oxygen atoms in total. The summed E-state index contributed by atoms with van der Waals surface area (Å²) < 4.78 is 7.23. The summed E-state index contributed by atoms with van der Waals surface area (Å²) in [5, 5.41) is 0. The van der Waals surface area contributed by atoms with Gasteiger partial charge in [0.15, 0.2) is 5.65 Å². The Bertz CT molecular complexity index is 1370. The lowest BCUT2D eigenvalue weighted by atomic mass is 9.98. The molecule has 32 heavy (non-hydrogen) atoms. The SMILES string of the molecule is CCOC(=O)c1c(N)n(C(c2ccccc2)c2ccccc2)c2nc3ccccc3nc12. The van der Waals surface area contributed by atoms with Crippen LogP contribution in [0.25, 0.3) is 22.2 Å². The largest absolute Gasteiger partial charge is 0.462 e. The van der Waals surface area contributed by atoms with Crippen LogP contribution in [0, 0.1) is 0 Å². The molecule has 0 amide bonds. The highest BCUT2D eigenvalue weighted by molar-refractivity contribution is 6.08. The van der Waals surface area contributed by atoms with Crippen LogP contribution in [0.5, 0.6) is 0 Å². The number of nitrogens with two attached hydrogens (primary N) is 1. The molecule has 6 heteroatoms. The number of esters is 1. The molecule has 0 unspecified atom stereocenters. The normalized spacial score (nSPS) is 11.3. The summed E-state index contributed by atoms with van der Waals surface area (Å²) in [7, 11) is 0. The highest BCUT2D eigenvalue weighted by Crippen LogP contribution is 2.37. The van der Waals surface area contributed by atoms with Gasteiger partial charge in [-0.3, -0.25) is 4.57 Å². The number of aromatic nitrogens is 3. The molecule has 5 aromatic rings. The van der Waals surface area contributed by atoms with E-state index in [0.717, 1.165) is 16.6 Å². The third-order valence-electron chi connectivity index (χ3n) is 5.50.